The highest BCUT2D eigenvalue weighted by Crippen LogP contribution is 2.20. The molecule has 2 heterocycles. The van der Waals surface area contributed by atoms with E-state index < -0.39 is 11.2 Å². The summed E-state index contributed by atoms with van der Waals surface area (Å²) in [5.74, 6) is 2.09. The first-order chi connectivity index (χ1) is 13.7. The fraction of sp³-hybridized carbons (Fsp3) is 0.700. The summed E-state index contributed by atoms with van der Waals surface area (Å²) in [5, 5.41) is 4.06. The third-order valence-corrected chi connectivity index (χ3v) is 4.67. The van der Waals surface area contributed by atoms with Crippen molar-refractivity contribution in [1.82, 2.24) is 19.7 Å². The van der Waals surface area contributed by atoms with Crippen molar-refractivity contribution in [3.8, 4) is 0 Å². The van der Waals surface area contributed by atoms with E-state index in [2.05, 4.69) is 42.8 Å². The minimum absolute atomic E-state index is 0.182. The normalized spacial score (nSPS) is 11.6. The second-order valence-corrected chi connectivity index (χ2v) is 8.30. The minimum atomic E-state index is -0.491. The van der Waals surface area contributed by atoms with Crippen LogP contribution in [0.2, 0.25) is 0 Å². The summed E-state index contributed by atoms with van der Waals surface area (Å²) in [7, 11) is 0. The highest BCUT2D eigenvalue weighted by molar-refractivity contribution is 5.62. The Bertz CT molecular complexity index is 896. The zero-order valence-corrected chi connectivity index (χ0v) is 18.2. The molecule has 0 aliphatic carbocycles. The van der Waals surface area contributed by atoms with Crippen LogP contribution in [0.4, 0.5) is 11.5 Å². The van der Waals surface area contributed by atoms with Gasteiger partial charge in [-0.3, -0.25) is 14.3 Å². The zero-order valence-electron chi connectivity index (χ0n) is 18.2. The number of rotatable bonds is 11. The number of nitrogens with zero attached hydrogens (tertiary/aromatic N) is 4. The van der Waals surface area contributed by atoms with E-state index in [9.17, 15) is 9.59 Å². The molecule has 9 heteroatoms. The van der Waals surface area contributed by atoms with Crippen LogP contribution in [0.3, 0.4) is 0 Å². The lowest BCUT2D eigenvalue weighted by Gasteiger charge is -2.25. The quantitative estimate of drug-likeness (QED) is 0.588. The van der Waals surface area contributed by atoms with Gasteiger partial charge in [-0.05, 0) is 24.7 Å². The number of hydrogen-bond acceptors (Lipinski definition) is 7. The molecule has 0 amide bonds. The van der Waals surface area contributed by atoms with E-state index in [0.29, 0.717) is 43.1 Å². The molecule has 2 aromatic heterocycles. The van der Waals surface area contributed by atoms with Crippen LogP contribution in [0.1, 0.15) is 65.6 Å². The molecule has 0 bridgehead atoms. The van der Waals surface area contributed by atoms with Crippen LogP contribution < -0.4 is 21.9 Å². The number of unbranched alkanes of at least 4 members (excludes halogenated alkanes) is 1. The Morgan fingerprint density at radius 3 is 2.55 bits per heavy atom. The molecule has 2 aromatic rings. The Hall–Kier alpha value is -2.58. The maximum atomic E-state index is 12.7. The highest BCUT2D eigenvalue weighted by Gasteiger charge is 2.21. The Balaban J connectivity index is 2.40. The van der Waals surface area contributed by atoms with Gasteiger partial charge in [0.1, 0.15) is 11.5 Å². The Kier molecular flexibility index (Phi) is 8.04. The standard InChI is InChI=1S/C20H34N6O3/c1-6-7-9-26-18(21)17(19(27)23-20(26)28)25(10-8-13(2)3)12-15-22-16(29-24-15)11-14(4)5/h13-14H,6-12,21H2,1-5H3,(H,23,27,28). The third-order valence-electron chi connectivity index (χ3n) is 4.67. The first kappa shape index (κ1) is 22.7. The first-order valence-electron chi connectivity index (χ1n) is 10.4. The van der Waals surface area contributed by atoms with Crippen LogP contribution in [-0.2, 0) is 19.5 Å². The lowest BCUT2D eigenvalue weighted by Crippen LogP contribution is -2.39. The smallest absolute Gasteiger partial charge is 0.330 e. The van der Waals surface area contributed by atoms with Gasteiger partial charge in [0.15, 0.2) is 5.82 Å². The highest BCUT2D eigenvalue weighted by atomic mass is 16.5. The second-order valence-electron chi connectivity index (χ2n) is 8.30. The van der Waals surface area contributed by atoms with Gasteiger partial charge in [-0.2, -0.15) is 4.98 Å². The molecule has 0 unspecified atom stereocenters. The number of nitrogen functional groups attached to an aromatic ring is 1. The Morgan fingerprint density at radius 1 is 1.21 bits per heavy atom. The number of H-pyrrole nitrogens is 1. The van der Waals surface area contributed by atoms with Crippen molar-refractivity contribution >= 4 is 11.5 Å². The van der Waals surface area contributed by atoms with Crippen molar-refractivity contribution < 1.29 is 4.52 Å². The Morgan fingerprint density at radius 2 is 1.93 bits per heavy atom. The molecule has 0 aliphatic rings. The first-order valence-corrected chi connectivity index (χ1v) is 10.4. The maximum Gasteiger partial charge on any atom is 0.330 e. The molecule has 0 radical (unpaired) electrons. The minimum Gasteiger partial charge on any atom is -0.383 e. The fourth-order valence-electron chi connectivity index (χ4n) is 3.06. The third kappa shape index (κ3) is 6.20. The van der Waals surface area contributed by atoms with Crippen LogP contribution >= 0.6 is 0 Å². The van der Waals surface area contributed by atoms with E-state index >= 15 is 0 Å². The molecule has 0 aromatic carbocycles. The van der Waals surface area contributed by atoms with Gasteiger partial charge in [0.25, 0.3) is 5.56 Å². The van der Waals surface area contributed by atoms with Gasteiger partial charge in [-0.15, -0.1) is 0 Å². The van der Waals surface area contributed by atoms with E-state index in [1.54, 1.807) is 0 Å². The van der Waals surface area contributed by atoms with Gasteiger partial charge in [0, 0.05) is 19.5 Å². The van der Waals surface area contributed by atoms with Crippen molar-refractivity contribution in [1.29, 1.82) is 0 Å². The summed E-state index contributed by atoms with van der Waals surface area (Å²) >= 11 is 0. The largest absolute Gasteiger partial charge is 0.383 e. The van der Waals surface area contributed by atoms with E-state index in [4.69, 9.17) is 10.3 Å². The van der Waals surface area contributed by atoms with Crippen molar-refractivity contribution in [2.75, 3.05) is 17.2 Å². The van der Waals surface area contributed by atoms with E-state index in [0.717, 1.165) is 19.3 Å². The van der Waals surface area contributed by atoms with Crippen molar-refractivity contribution in [3.63, 3.8) is 0 Å². The molecular formula is C20H34N6O3. The summed E-state index contributed by atoms with van der Waals surface area (Å²) in [4.78, 5) is 33.6. The molecule has 0 saturated carbocycles. The van der Waals surface area contributed by atoms with Gasteiger partial charge in [0.2, 0.25) is 5.89 Å². The fourth-order valence-corrected chi connectivity index (χ4v) is 3.06. The van der Waals surface area contributed by atoms with Gasteiger partial charge in [0.05, 0.1) is 6.54 Å². The molecule has 29 heavy (non-hydrogen) atoms. The second kappa shape index (κ2) is 10.3. The van der Waals surface area contributed by atoms with E-state index in [1.807, 2.05) is 11.8 Å². The summed E-state index contributed by atoms with van der Waals surface area (Å²) in [5.41, 5.74) is 5.61. The van der Waals surface area contributed by atoms with Crippen LogP contribution in [0, 0.1) is 11.8 Å². The number of nitrogens with one attached hydrogen (secondary N) is 1. The molecule has 0 fully saturated rings. The maximum absolute atomic E-state index is 12.7. The number of nitrogens with two attached hydrogens (primary N) is 1. The summed E-state index contributed by atoms with van der Waals surface area (Å²) in [6, 6.07) is 0. The average Bonchev–Trinajstić information content (AvgIpc) is 3.05. The van der Waals surface area contributed by atoms with Crippen molar-refractivity contribution in [3.05, 3.63) is 32.6 Å². The summed E-state index contributed by atoms with van der Waals surface area (Å²) in [6.45, 7) is 11.8. The van der Waals surface area contributed by atoms with Gasteiger partial charge < -0.3 is 15.2 Å². The molecule has 2 rings (SSSR count). The number of hydrogen-bond donors (Lipinski definition) is 2. The molecule has 3 N–H and O–H groups in total. The van der Waals surface area contributed by atoms with Gasteiger partial charge in [-0.25, -0.2) is 4.79 Å². The average molecular weight is 407 g/mol. The zero-order chi connectivity index (χ0) is 21.6. The SMILES string of the molecule is CCCCn1c(N)c(N(CCC(C)C)Cc2noc(CC(C)C)n2)c(=O)[nH]c1=O. The molecule has 9 nitrogen and oxygen atoms in total. The Labute approximate surface area is 171 Å². The summed E-state index contributed by atoms with van der Waals surface area (Å²) in [6.07, 6.45) is 3.26. The van der Waals surface area contributed by atoms with Crippen molar-refractivity contribution in [2.24, 2.45) is 11.8 Å². The lowest BCUT2D eigenvalue weighted by atomic mass is 10.1. The van der Waals surface area contributed by atoms with Crippen molar-refractivity contribution in [2.45, 2.75) is 73.4 Å². The molecule has 0 saturated heterocycles. The molecule has 0 atom stereocenters. The molecular weight excluding hydrogens is 372 g/mol. The van der Waals surface area contributed by atoms with E-state index in [-0.39, 0.29) is 18.1 Å². The number of aromatic amines is 1. The van der Waals surface area contributed by atoms with Crippen LogP contribution in [0.25, 0.3) is 0 Å². The van der Waals surface area contributed by atoms with Gasteiger partial charge in [-0.1, -0.05) is 46.2 Å². The number of anilines is 2. The van der Waals surface area contributed by atoms with Crippen LogP contribution in [-0.4, -0.2) is 26.2 Å². The summed E-state index contributed by atoms with van der Waals surface area (Å²) < 4.78 is 6.77. The topological polar surface area (TPSA) is 123 Å². The van der Waals surface area contributed by atoms with E-state index in [1.165, 1.54) is 4.57 Å². The van der Waals surface area contributed by atoms with Gasteiger partial charge >= 0.3 is 5.69 Å². The van der Waals surface area contributed by atoms with Crippen LogP contribution in [0.15, 0.2) is 14.1 Å². The molecule has 0 aliphatic heterocycles. The predicted octanol–water partition coefficient (Wildman–Crippen LogP) is 2.55. The molecule has 0 spiro atoms. The molecule has 162 valence electrons. The predicted molar refractivity (Wildman–Crippen MR) is 114 cm³/mol. The number of aromatic nitrogens is 4. The van der Waals surface area contributed by atoms with Crippen LogP contribution in [0.5, 0.6) is 0 Å². The monoisotopic (exact) mass is 406 g/mol. The lowest BCUT2D eigenvalue weighted by molar-refractivity contribution is 0.358.